The highest BCUT2D eigenvalue weighted by atomic mass is 127. The lowest BCUT2D eigenvalue weighted by molar-refractivity contribution is -0.128. The minimum absolute atomic E-state index is 0.134. The van der Waals surface area contributed by atoms with Gasteiger partial charge in [0.1, 0.15) is 12.0 Å². The van der Waals surface area contributed by atoms with Crippen molar-refractivity contribution in [1.29, 1.82) is 0 Å². The van der Waals surface area contributed by atoms with Crippen LogP contribution in [0.5, 0.6) is 5.75 Å². The van der Waals surface area contributed by atoms with Crippen LogP contribution in [0.4, 0.5) is 0 Å². The smallest absolute Gasteiger partial charge is 0.168 e. The normalized spacial score (nSPS) is 23.3. The van der Waals surface area contributed by atoms with E-state index in [1.165, 1.54) is 44.4 Å². The fourth-order valence-corrected chi connectivity index (χ4v) is 7.11. The summed E-state index contributed by atoms with van der Waals surface area (Å²) in [6.07, 6.45) is 8.23. The van der Waals surface area contributed by atoms with Crippen LogP contribution in [0.25, 0.3) is 11.1 Å². The van der Waals surface area contributed by atoms with E-state index in [9.17, 15) is 5.11 Å². The van der Waals surface area contributed by atoms with E-state index < -0.39 is 0 Å². The van der Waals surface area contributed by atoms with Crippen molar-refractivity contribution in [2.75, 3.05) is 26.7 Å². The van der Waals surface area contributed by atoms with Crippen molar-refractivity contribution in [3.05, 3.63) is 51.1 Å². The second-order valence-electron chi connectivity index (χ2n) is 11.8. The Hall–Kier alpha value is -1.68. The Labute approximate surface area is 247 Å². The van der Waals surface area contributed by atoms with Gasteiger partial charge in [0, 0.05) is 41.1 Å². The molecule has 2 fully saturated rings. The lowest BCUT2D eigenvalue weighted by atomic mass is 9.75. The lowest BCUT2D eigenvalue weighted by Crippen LogP contribution is -2.61. The van der Waals surface area contributed by atoms with Gasteiger partial charge in [-0.15, -0.1) is 0 Å². The summed E-state index contributed by atoms with van der Waals surface area (Å²) in [4.78, 5) is 8.59. The van der Waals surface area contributed by atoms with E-state index in [0.29, 0.717) is 18.4 Å². The molecule has 5 rings (SSSR count). The maximum Gasteiger partial charge on any atom is 0.168 e. The van der Waals surface area contributed by atoms with Crippen LogP contribution >= 0.6 is 22.6 Å². The van der Waals surface area contributed by atoms with Crippen LogP contribution in [0.1, 0.15) is 69.9 Å². The highest BCUT2D eigenvalue weighted by Crippen LogP contribution is 2.42. The Kier molecular flexibility index (Phi) is 9.52. The molecule has 0 amide bonds. The molecule has 1 aliphatic carbocycles. The van der Waals surface area contributed by atoms with Crippen molar-refractivity contribution >= 4 is 28.3 Å². The topological polar surface area (TPSA) is 66.3 Å². The van der Waals surface area contributed by atoms with Gasteiger partial charge in [-0.3, -0.25) is 10.2 Å². The summed E-state index contributed by atoms with van der Waals surface area (Å²) in [5.41, 5.74) is 6.29. The first-order chi connectivity index (χ1) is 18.9. The summed E-state index contributed by atoms with van der Waals surface area (Å²) in [5.74, 6) is 2.15. The van der Waals surface area contributed by atoms with Gasteiger partial charge < -0.3 is 14.7 Å². The van der Waals surface area contributed by atoms with Gasteiger partial charge in [0.05, 0.1) is 12.3 Å². The lowest BCUT2D eigenvalue weighted by Gasteiger charge is -2.45. The highest BCUT2D eigenvalue weighted by molar-refractivity contribution is 14.1. The van der Waals surface area contributed by atoms with Gasteiger partial charge in [-0.2, -0.15) is 0 Å². The number of likely N-dealkylation sites (tertiary alicyclic amines) is 1. The molecule has 2 aromatic rings. The minimum atomic E-state index is -0.385. The average Bonchev–Trinajstić information content (AvgIpc) is 3.36. The number of aryl methyl sites for hydroxylation is 1. The zero-order valence-electron chi connectivity index (χ0n) is 23.7. The van der Waals surface area contributed by atoms with Crippen LogP contribution in [0.2, 0.25) is 0 Å². The summed E-state index contributed by atoms with van der Waals surface area (Å²) in [5, 5.41) is 17.5. The monoisotopic (exact) mass is 645 g/mol. The van der Waals surface area contributed by atoms with E-state index >= 15 is 0 Å². The van der Waals surface area contributed by atoms with E-state index in [2.05, 4.69) is 88.2 Å². The van der Waals surface area contributed by atoms with Crippen LogP contribution in [-0.2, 0) is 17.8 Å². The van der Waals surface area contributed by atoms with Crippen LogP contribution in [0.3, 0.4) is 0 Å². The molecule has 3 aliphatic rings. The molecule has 212 valence electrons. The standard InChI is InChI=1S/C32H44IN3O3/c1-4-6-26-15-23(16-29(38-5-2)31(26)25-11-13-27(33)14-12-25)19-36-20-32(21-36)18-28(35-39-32)24-9-7-22(8-10-24)17-30(37)34-3/h11-16,22,24,30,34,37H,4-10,17-21H2,1-3H3. The van der Waals surface area contributed by atoms with E-state index in [1.807, 2.05) is 7.05 Å². The molecule has 6 nitrogen and oxygen atoms in total. The number of hydrogen-bond donors (Lipinski definition) is 2. The van der Waals surface area contributed by atoms with Gasteiger partial charge in [-0.25, -0.2) is 0 Å². The Balaban J connectivity index is 1.20. The van der Waals surface area contributed by atoms with E-state index in [4.69, 9.17) is 9.57 Å². The number of oxime groups is 1. The van der Waals surface area contributed by atoms with Crippen LogP contribution in [0.15, 0.2) is 41.6 Å². The summed E-state index contributed by atoms with van der Waals surface area (Å²) in [7, 11) is 1.82. The molecule has 1 atom stereocenters. The number of halogens is 1. The minimum Gasteiger partial charge on any atom is -0.493 e. The Bertz CT molecular complexity index is 1110. The first-order valence-corrected chi connectivity index (χ1v) is 15.9. The molecule has 1 unspecified atom stereocenters. The van der Waals surface area contributed by atoms with Crippen molar-refractivity contribution in [2.45, 2.75) is 83.6 Å². The van der Waals surface area contributed by atoms with Crippen LogP contribution in [-0.4, -0.2) is 54.3 Å². The predicted molar refractivity (Wildman–Crippen MR) is 166 cm³/mol. The van der Waals surface area contributed by atoms with Gasteiger partial charge in [0.15, 0.2) is 5.60 Å². The summed E-state index contributed by atoms with van der Waals surface area (Å²) >= 11 is 2.36. The second kappa shape index (κ2) is 12.9. The molecule has 1 spiro atoms. The first-order valence-electron chi connectivity index (χ1n) is 14.8. The maximum atomic E-state index is 9.92. The number of benzene rings is 2. The molecule has 7 heteroatoms. The van der Waals surface area contributed by atoms with E-state index in [0.717, 1.165) is 63.9 Å². The predicted octanol–water partition coefficient (Wildman–Crippen LogP) is 6.37. The largest absolute Gasteiger partial charge is 0.493 e. The number of ether oxygens (including phenoxy) is 1. The van der Waals surface area contributed by atoms with Crippen molar-refractivity contribution in [2.24, 2.45) is 17.0 Å². The summed E-state index contributed by atoms with van der Waals surface area (Å²) in [6, 6.07) is 13.4. The number of hydrogen-bond acceptors (Lipinski definition) is 6. The summed E-state index contributed by atoms with van der Waals surface area (Å²) in [6.45, 7) is 7.73. The number of aliphatic hydroxyl groups is 1. The van der Waals surface area contributed by atoms with Crippen molar-refractivity contribution in [1.82, 2.24) is 10.2 Å². The fourth-order valence-electron chi connectivity index (χ4n) is 6.75. The van der Waals surface area contributed by atoms with E-state index in [1.54, 1.807) is 0 Å². The van der Waals surface area contributed by atoms with Crippen LogP contribution in [0, 0.1) is 15.4 Å². The third-order valence-electron chi connectivity index (χ3n) is 8.69. The zero-order valence-corrected chi connectivity index (χ0v) is 25.9. The first kappa shape index (κ1) is 28.8. The van der Waals surface area contributed by atoms with Gasteiger partial charge >= 0.3 is 0 Å². The zero-order chi connectivity index (χ0) is 27.4. The molecule has 0 bridgehead atoms. The van der Waals surface area contributed by atoms with Crippen molar-refractivity contribution in [3.63, 3.8) is 0 Å². The molecule has 2 heterocycles. The quantitative estimate of drug-likeness (QED) is 0.220. The molecule has 39 heavy (non-hydrogen) atoms. The molecule has 0 aromatic heterocycles. The van der Waals surface area contributed by atoms with Crippen LogP contribution < -0.4 is 10.1 Å². The van der Waals surface area contributed by atoms with Gasteiger partial charge in [-0.05, 0) is 116 Å². The second-order valence-corrected chi connectivity index (χ2v) is 13.0. The van der Waals surface area contributed by atoms with E-state index in [-0.39, 0.29) is 11.8 Å². The number of rotatable bonds is 11. The Morgan fingerprint density at radius 3 is 2.56 bits per heavy atom. The third-order valence-corrected chi connectivity index (χ3v) is 9.41. The molecule has 0 radical (unpaired) electrons. The van der Waals surface area contributed by atoms with Crippen molar-refractivity contribution in [3.8, 4) is 16.9 Å². The Morgan fingerprint density at radius 1 is 1.15 bits per heavy atom. The maximum absolute atomic E-state index is 9.92. The number of nitrogens with zero attached hydrogens (tertiary/aromatic N) is 2. The SMILES string of the molecule is CCCc1cc(CN2CC3(CC(C4CCC(CC(O)NC)CC4)=NO3)C2)cc(OCC)c1-c1ccc(I)cc1. The molecule has 2 aromatic carbocycles. The number of nitrogens with one attached hydrogen (secondary N) is 1. The molecule has 2 aliphatic heterocycles. The third kappa shape index (κ3) is 6.80. The molecule has 1 saturated carbocycles. The summed E-state index contributed by atoms with van der Waals surface area (Å²) < 4.78 is 7.45. The molecule has 2 N–H and O–H groups in total. The fraction of sp³-hybridized carbons (Fsp3) is 0.594. The van der Waals surface area contributed by atoms with Gasteiger partial charge in [0.2, 0.25) is 0 Å². The van der Waals surface area contributed by atoms with Gasteiger partial charge in [-0.1, -0.05) is 36.7 Å². The highest BCUT2D eigenvalue weighted by Gasteiger charge is 2.50. The molecular formula is C32H44IN3O3. The number of aliphatic hydroxyl groups excluding tert-OH is 1. The Morgan fingerprint density at radius 2 is 1.90 bits per heavy atom. The average molecular weight is 646 g/mol. The van der Waals surface area contributed by atoms with Crippen molar-refractivity contribution < 1.29 is 14.7 Å². The molecule has 1 saturated heterocycles. The van der Waals surface area contributed by atoms with Gasteiger partial charge in [0.25, 0.3) is 0 Å². The molecular weight excluding hydrogens is 601 g/mol.